The number of hydrogen-bond acceptors (Lipinski definition) is 3. The number of carboxylic acid groups (broad SMARTS) is 1. The van der Waals surface area contributed by atoms with Crippen molar-refractivity contribution in [1.82, 2.24) is 5.32 Å². The Bertz CT molecular complexity index is 613. The SMILES string of the molecule is O=C(Cc1cccs1)N[C@@H](C(=O)O)c1ccccc1F. The lowest BCUT2D eigenvalue weighted by Crippen LogP contribution is -2.35. The topological polar surface area (TPSA) is 66.4 Å². The monoisotopic (exact) mass is 293 g/mol. The van der Waals surface area contributed by atoms with E-state index < -0.39 is 23.7 Å². The van der Waals surface area contributed by atoms with Gasteiger partial charge in [-0.3, -0.25) is 4.79 Å². The molecule has 0 fully saturated rings. The predicted octanol–water partition coefficient (Wildman–Crippen LogP) is 2.37. The first-order valence-corrected chi connectivity index (χ1v) is 6.75. The molecule has 104 valence electrons. The molecular weight excluding hydrogens is 281 g/mol. The lowest BCUT2D eigenvalue weighted by atomic mass is 10.1. The zero-order valence-electron chi connectivity index (χ0n) is 10.4. The van der Waals surface area contributed by atoms with Crippen LogP contribution in [-0.4, -0.2) is 17.0 Å². The molecule has 1 aromatic heterocycles. The first-order valence-electron chi connectivity index (χ1n) is 5.87. The van der Waals surface area contributed by atoms with E-state index in [4.69, 9.17) is 5.11 Å². The minimum absolute atomic E-state index is 0.0560. The molecule has 0 radical (unpaired) electrons. The van der Waals surface area contributed by atoms with E-state index in [-0.39, 0.29) is 12.0 Å². The summed E-state index contributed by atoms with van der Waals surface area (Å²) >= 11 is 1.40. The normalized spacial score (nSPS) is 11.8. The van der Waals surface area contributed by atoms with Crippen LogP contribution < -0.4 is 5.32 Å². The molecule has 0 unspecified atom stereocenters. The van der Waals surface area contributed by atoms with Gasteiger partial charge in [0.25, 0.3) is 0 Å². The zero-order valence-corrected chi connectivity index (χ0v) is 11.2. The average Bonchev–Trinajstić information content (AvgIpc) is 2.89. The summed E-state index contributed by atoms with van der Waals surface area (Å²) in [6.07, 6.45) is 0.0793. The number of nitrogens with one attached hydrogen (secondary N) is 1. The third-order valence-electron chi connectivity index (χ3n) is 2.68. The number of rotatable bonds is 5. The van der Waals surface area contributed by atoms with Crippen molar-refractivity contribution in [2.75, 3.05) is 0 Å². The van der Waals surface area contributed by atoms with Crippen LogP contribution in [0.3, 0.4) is 0 Å². The lowest BCUT2D eigenvalue weighted by Gasteiger charge is -2.15. The van der Waals surface area contributed by atoms with Crippen molar-refractivity contribution in [2.45, 2.75) is 12.5 Å². The second-order valence-corrected chi connectivity index (χ2v) is 5.15. The number of carbonyl (C=O) groups is 2. The van der Waals surface area contributed by atoms with Crippen LogP contribution in [0, 0.1) is 5.82 Å². The van der Waals surface area contributed by atoms with Crippen LogP contribution in [0.25, 0.3) is 0 Å². The highest BCUT2D eigenvalue weighted by atomic mass is 32.1. The second kappa shape index (κ2) is 6.29. The first kappa shape index (κ1) is 14.2. The van der Waals surface area contributed by atoms with Crippen LogP contribution in [0.5, 0.6) is 0 Å². The Morgan fingerprint density at radius 3 is 2.60 bits per heavy atom. The maximum absolute atomic E-state index is 13.6. The van der Waals surface area contributed by atoms with Gasteiger partial charge in [-0.2, -0.15) is 0 Å². The summed E-state index contributed by atoms with van der Waals surface area (Å²) in [7, 11) is 0. The minimum Gasteiger partial charge on any atom is -0.479 e. The van der Waals surface area contributed by atoms with Crippen molar-refractivity contribution in [3.8, 4) is 0 Å². The maximum Gasteiger partial charge on any atom is 0.331 e. The van der Waals surface area contributed by atoms with E-state index in [1.165, 1.54) is 29.5 Å². The van der Waals surface area contributed by atoms with Crippen LogP contribution in [0.1, 0.15) is 16.5 Å². The molecule has 1 aromatic carbocycles. The maximum atomic E-state index is 13.6. The molecule has 0 spiro atoms. The Hall–Kier alpha value is -2.21. The van der Waals surface area contributed by atoms with Crippen molar-refractivity contribution in [2.24, 2.45) is 0 Å². The third kappa shape index (κ3) is 3.42. The highest BCUT2D eigenvalue weighted by molar-refractivity contribution is 7.10. The minimum atomic E-state index is -1.39. The van der Waals surface area contributed by atoms with Gasteiger partial charge in [-0.05, 0) is 17.5 Å². The molecule has 2 N–H and O–H groups in total. The standard InChI is InChI=1S/C14H12FNO3S/c15-11-6-2-1-5-10(11)13(14(18)19)16-12(17)8-9-4-3-7-20-9/h1-7,13H,8H2,(H,16,17)(H,18,19)/t13-/m1/s1. The first-order chi connectivity index (χ1) is 9.58. The van der Waals surface area contributed by atoms with E-state index in [0.717, 1.165) is 10.9 Å². The second-order valence-electron chi connectivity index (χ2n) is 4.12. The number of halogens is 1. The molecule has 4 nitrogen and oxygen atoms in total. The van der Waals surface area contributed by atoms with Crippen molar-refractivity contribution in [3.05, 3.63) is 58.0 Å². The van der Waals surface area contributed by atoms with Crippen LogP contribution in [0.4, 0.5) is 4.39 Å². The summed E-state index contributed by atoms with van der Waals surface area (Å²) in [5.41, 5.74) is -0.0560. The van der Waals surface area contributed by atoms with Gasteiger partial charge in [-0.15, -0.1) is 11.3 Å². The number of amides is 1. The zero-order chi connectivity index (χ0) is 14.5. The van der Waals surface area contributed by atoms with Gasteiger partial charge in [0.15, 0.2) is 6.04 Å². The van der Waals surface area contributed by atoms with Crippen LogP contribution in [-0.2, 0) is 16.0 Å². The Labute approximate surface area is 118 Å². The summed E-state index contributed by atoms with van der Waals surface area (Å²) in [5.74, 6) is -2.41. The molecule has 2 aromatic rings. The van der Waals surface area contributed by atoms with Crippen molar-refractivity contribution < 1.29 is 19.1 Å². The average molecular weight is 293 g/mol. The Balaban J connectivity index is 2.12. The smallest absolute Gasteiger partial charge is 0.331 e. The molecular formula is C14H12FNO3S. The van der Waals surface area contributed by atoms with E-state index in [0.29, 0.717) is 0 Å². The lowest BCUT2D eigenvalue weighted by molar-refractivity contribution is -0.142. The molecule has 1 heterocycles. The third-order valence-corrected chi connectivity index (χ3v) is 3.56. The predicted molar refractivity (Wildman–Crippen MR) is 72.9 cm³/mol. The molecule has 1 atom stereocenters. The fourth-order valence-corrected chi connectivity index (χ4v) is 2.47. The van der Waals surface area contributed by atoms with Gasteiger partial charge in [-0.25, -0.2) is 9.18 Å². The van der Waals surface area contributed by atoms with E-state index >= 15 is 0 Å². The molecule has 6 heteroatoms. The van der Waals surface area contributed by atoms with Gasteiger partial charge < -0.3 is 10.4 Å². The number of hydrogen-bond donors (Lipinski definition) is 2. The summed E-state index contributed by atoms with van der Waals surface area (Å²) in [5, 5.41) is 13.3. The molecule has 0 saturated heterocycles. The van der Waals surface area contributed by atoms with Crippen molar-refractivity contribution in [1.29, 1.82) is 0 Å². The number of carboxylic acids is 1. The van der Waals surface area contributed by atoms with Crippen LogP contribution in [0.15, 0.2) is 41.8 Å². The van der Waals surface area contributed by atoms with Gasteiger partial charge in [-0.1, -0.05) is 24.3 Å². The number of carbonyl (C=O) groups excluding carboxylic acids is 1. The molecule has 20 heavy (non-hydrogen) atoms. The Morgan fingerprint density at radius 2 is 2.00 bits per heavy atom. The van der Waals surface area contributed by atoms with Gasteiger partial charge in [0.2, 0.25) is 5.91 Å². The van der Waals surface area contributed by atoms with E-state index in [2.05, 4.69) is 5.32 Å². The Morgan fingerprint density at radius 1 is 1.25 bits per heavy atom. The molecule has 2 rings (SSSR count). The fraction of sp³-hybridized carbons (Fsp3) is 0.143. The molecule has 0 aliphatic rings. The van der Waals surface area contributed by atoms with Crippen molar-refractivity contribution in [3.63, 3.8) is 0 Å². The number of aliphatic carboxylic acids is 1. The number of benzene rings is 1. The molecule has 0 bridgehead atoms. The van der Waals surface area contributed by atoms with Gasteiger partial charge in [0, 0.05) is 10.4 Å². The van der Waals surface area contributed by atoms with Gasteiger partial charge in [0.05, 0.1) is 6.42 Å². The van der Waals surface area contributed by atoms with E-state index in [9.17, 15) is 14.0 Å². The van der Waals surface area contributed by atoms with Gasteiger partial charge in [0.1, 0.15) is 5.82 Å². The number of thiophene rings is 1. The summed E-state index contributed by atoms with van der Waals surface area (Å²) < 4.78 is 13.6. The van der Waals surface area contributed by atoms with Crippen molar-refractivity contribution >= 4 is 23.2 Å². The summed E-state index contributed by atoms with van der Waals surface area (Å²) in [4.78, 5) is 23.9. The van der Waals surface area contributed by atoms with Crippen LogP contribution >= 0.6 is 11.3 Å². The summed E-state index contributed by atoms with van der Waals surface area (Å²) in [6, 6.07) is 7.70. The van der Waals surface area contributed by atoms with Crippen LogP contribution in [0.2, 0.25) is 0 Å². The molecule has 1 amide bonds. The fourth-order valence-electron chi connectivity index (χ4n) is 1.77. The molecule has 0 aliphatic heterocycles. The van der Waals surface area contributed by atoms with E-state index in [1.54, 1.807) is 12.1 Å². The highest BCUT2D eigenvalue weighted by Gasteiger charge is 2.24. The highest BCUT2D eigenvalue weighted by Crippen LogP contribution is 2.18. The summed E-state index contributed by atoms with van der Waals surface area (Å²) in [6.45, 7) is 0. The quantitative estimate of drug-likeness (QED) is 0.889. The largest absolute Gasteiger partial charge is 0.479 e. The van der Waals surface area contributed by atoms with E-state index in [1.807, 2.05) is 5.38 Å². The molecule has 0 aliphatic carbocycles. The molecule has 0 saturated carbocycles. The van der Waals surface area contributed by atoms with Gasteiger partial charge >= 0.3 is 5.97 Å². The Kier molecular flexibility index (Phi) is 4.47.